The molecule has 1 aliphatic heterocycles. The van der Waals surface area contributed by atoms with Gasteiger partial charge in [-0.15, -0.1) is 0 Å². The van der Waals surface area contributed by atoms with Crippen LogP contribution in [0.2, 0.25) is 0 Å². The lowest BCUT2D eigenvalue weighted by atomic mass is 10.1. The Morgan fingerprint density at radius 3 is 2.52 bits per heavy atom. The van der Waals surface area contributed by atoms with Crippen LogP contribution in [0.3, 0.4) is 0 Å². The fourth-order valence-electron chi connectivity index (χ4n) is 3.08. The maximum Gasteiger partial charge on any atom is 0.289 e. The lowest BCUT2D eigenvalue weighted by Crippen LogP contribution is -2.50. The predicted octanol–water partition coefficient (Wildman–Crippen LogP) is 3.07. The molecule has 0 atom stereocenters. The molecule has 1 aliphatic rings. The molecule has 1 fully saturated rings. The van der Waals surface area contributed by atoms with Crippen molar-refractivity contribution in [3.8, 4) is 11.5 Å². The minimum Gasteiger partial charge on any atom is -0.493 e. The molecule has 0 aliphatic carbocycles. The van der Waals surface area contributed by atoms with Gasteiger partial charge in [-0.05, 0) is 42.3 Å². The van der Waals surface area contributed by atoms with Crippen molar-refractivity contribution in [3.05, 3.63) is 54.0 Å². The van der Waals surface area contributed by atoms with Gasteiger partial charge in [-0.1, -0.05) is 13.0 Å². The van der Waals surface area contributed by atoms with Crippen molar-refractivity contribution < 1.29 is 23.5 Å². The highest BCUT2D eigenvalue weighted by Crippen LogP contribution is 2.28. The molecule has 0 unspecified atom stereocenters. The van der Waals surface area contributed by atoms with Gasteiger partial charge < -0.3 is 23.7 Å². The van der Waals surface area contributed by atoms with Crippen LogP contribution in [0.4, 0.5) is 0 Å². The van der Waals surface area contributed by atoms with Crippen LogP contribution in [0.15, 0.2) is 47.1 Å². The average molecular weight is 398 g/mol. The van der Waals surface area contributed by atoms with Gasteiger partial charge in [0.2, 0.25) is 5.91 Å². The maximum atomic E-state index is 12.5. The first-order chi connectivity index (χ1) is 14.1. The van der Waals surface area contributed by atoms with Crippen LogP contribution in [0.1, 0.15) is 29.5 Å². The first kappa shape index (κ1) is 20.5. The molecule has 2 amide bonds. The summed E-state index contributed by atoms with van der Waals surface area (Å²) in [6, 6.07) is 8.91. The van der Waals surface area contributed by atoms with Gasteiger partial charge >= 0.3 is 0 Å². The third-order valence-corrected chi connectivity index (χ3v) is 4.68. The van der Waals surface area contributed by atoms with E-state index in [1.165, 1.54) is 6.26 Å². The summed E-state index contributed by atoms with van der Waals surface area (Å²) < 4.78 is 16.2. The standard InChI is InChI=1S/C22H26N2O5/c1-3-14-28-18-8-6-17(16-20(18)27-2)7-9-21(25)23-10-12-24(13-11-23)22(26)19-5-4-15-29-19/h4-9,15-16H,3,10-14H2,1-2H3/b9-7+. The van der Waals surface area contributed by atoms with Crippen molar-refractivity contribution in [1.29, 1.82) is 0 Å². The Hall–Kier alpha value is -3.22. The number of furan rings is 1. The van der Waals surface area contributed by atoms with Gasteiger partial charge in [0.05, 0.1) is 20.0 Å². The number of nitrogens with zero attached hydrogens (tertiary/aromatic N) is 2. The number of ether oxygens (including phenoxy) is 2. The summed E-state index contributed by atoms with van der Waals surface area (Å²) in [6.07, 6.45) is 5.70. The van der Waals surface area contributed by atoms with Gasteiger partial charge in [-0.3, -0.25) is 9.59 Å². The van der Waals surface area contributed by atoms with Crippen LogP contribution < -0.4 is 9.47 Å². The summed E-state index contributed by atoms with van der Waals surface area (Å²) in [6.45, 7) is 4.61. The number of carbonyl (C=O) groups is 2. The molecule has 7 nitrogen and oxygen atoms in total. The summed E-state index contributed by atoms with van der Waals surface area (Å²) in [5.41, 5.74) is 0.852. The molecule has 0 radical (unpaired) electrons. The molecule has 154 valence electrons. The molecule has 29 heavy (non-hydrogen) atoms. The first-order valence-electron chi connectivity index (χ1n) is 9.73. The monoisotopic (exact) mass is 398 g/mol. The second-order valence-electron chi connectivity index (χ2n) is 6.69. The molecule has 7 heteroatoms. The van der Waals surface area contributed by atoms with Gasteiger partial charge in [-0.25, -0.2) is 0 Å². The minimum atomic E-state index is -0.143. The van der Waals surface area contributed by atoms with Crippen molar-refractivity contribution in [2.24, 2.45) is 0 Å². The zero-order chi connectivity index (χ0) is 20.6. The third kappa shape index (κ3) is 5.19. The Balaban J connectivity index is 1.55. The quantitative estimate of drug-likeness (QED) is 0.671. The minimum absolute atomic E-state index is 0.0830. The van der Waals surface area contributed by atoms with Crippen LogP contribution in [-0.2, 0) is 4.79 Å². The predicted molar refractivity (Wildman–Crippen MR) is 109 cm³/mol. The highest BCUT2D eigenvalue weighted by molar-refractivity contribution is 5.93. The van der Waals surface area contributed by atoms with E-state index in [9.17, 15) is 9.59 Å². The van der Waals surface area contributed by atoms with Gasteiger partial charge in [0, 0.05) is 32.3 Å². The molecule has 0 saturated carbocycles. The number of carbonyl (C=O) groups excluding carboxylic acids is 2. The SMILES string of the molecule is CCCOc1ccc(/C=C/C(=O)N2CCN(C(=O)c3ccco3)CC2)cc1OC. The van der Waals surface area contributed by atoms with E-state index in [2.05, 4.69) is 0 Å². The van der Waals surface area contributed by atoms with Crippen molar-refractivity contribution in [1.82, 2.24) is 9.80 Å². The van der Waals surface area contributed by atoms with Crippen LogP contribution in [0, 0.1) is 0 Å². The number of hydrogen-bond acceptors (Lipinski definition) is 5. The molecule has 2 heterocycles. The highest BCUT2D eigenvalue weighted by Gasteiger charge is 2.25. The summed E-state index contributed by atoms with van der Waals surface area (Å²) in [7, 11) is 1.59. The van der Waals surface area contributed by atoms with Gasteiger partial charge in [0.1, 0.15) is 0 Å². The molecule has 1 aromatic heterocycles. The van der Waals surface area contributed by atoms with Gasteiger partial charge in [0.25, 0.3) is 5.91 Å². The number of rotatable bonds is 7. The van der Waals surface area contributed by atoms with E-state index in [0.717, 1.165) is 12.0 Å². The number of hydrogen-bond donors (Lipinski definition) is 0. The fraction of sp³-hybridized carbons (Fsp3) is 0.364. The second kappa shape index (κ2) is 9.82. The fourth-order valence-corrected chi connectivity index (χ4v) is 3.08. The molecule has 0 bridgehead atoms. The van der Waals surface area contributed by atoms with Crippen molar-refractivity contribution in [2.45, 2.75) is 13.3 Å². The summed E-state index contributed by atoms with van der Waals surface area (Å²) in [5, 5.41) is 0. The average Bonchev–Trinajstić information content (AvgIpc) is 3.30. The van der Waals surface area contributed by atoms with E-state index in [-0.39, 0.29) is 11.8 Å². The molecule has 1 aromatic carbocycles. The second-order valence-corrected chi connectivity index (χ2v) is 6.69. The van der Waals surface area contributed by atoms with E-state index >= 15 is 0 Å². The van der Waals surface area contributed by atoms with Crippen LogP contribution in [0.5, 0.6) is 11.5 Å². The van der Waals surface area contributed by atoms with Crippen molar-refractivity contribution in [2.75, 3.05) is 39.9 Å². The topological polar surface area (TPSA) is 72.2 Å². The zero-order valence-corrected chi connectivity index (χ0v) is 16.8. The number of methoxy groups -OCH3 is 1. The lowest BCUT2D eigenvalue weighted by molar-refractivity contribution is -0.127. The van der Waals surface area contributed by atoms with E-state index in [1.807, 2.05) is 25.1 Å². The lowest BCUT2D eigenvalue weighted by Gasteiger charge is -2.33. The van der Waals surface area contributed by atoms with E-state index in [1.54, 1.807) is 41.2 Å². The number of piperazine rings is 1. The molecular weight excluding hydrogens is 372 g/mol. The molecule has 0 spiro atoms. The van der Waals surface area contributed by atoms with Crippen molar-refractivity contribution in [3.63, 3.8) is 0 Å². The normalized spacial score (nSPS) is 14.3. The summed E-state index contributed by atoms with van der Waals surface area (Å²) in [5.74, 6) is 1.42. The Bertz CT molecular complexity index is 852. The van der Waals surface area contributed by atoms with Crippen LogP contribution in [-0.4, -0.2) is 61.5 Å². The van der Waals surface area contributed by atoms with Crippen LogP contribution in [0.25, 0.3) is 6.08 Å². The number of amides is 2. The maximum absolute atomic E-state index is 12.5. The Morgan fingerprint density at radius 1 is 1.10 bits per heavy atom. The largest absolute Gasteiger partial charge is 0.493 e. The smallest absolute Gasteiger partial charge is 0.289 e. The van der Waals surface area contributed by atoms with E-state index in [4.69, 9.17) is 13.9 Å². The van der Waals surface area contributed by atoms with E-state index < -0.39 is 0 Å². The third-order valence-electron chi connectivity index (χ3n) is 4.68. The Morgan fingerprint density at radius 2 is 1.86 bits per heavy atom. The van der Waals surface area contributed by atoms with Crippen LogP contribution >= 0.6 is 0 Å². The summed E-state index contributed by atoms with van der Waals surface area (Å²) in [4.78, 5) is 28.2. The molecular formula is C22H26N2O5. The Labute approximate surface area is 170 Å². The summed E-state index contributed by atoms with van der Waals surface area (Å²) >= 11 is 0. The molecule has 1 saturated heterocycles. The zero-order valence-electron chi connectivity index (χ0n) is 16.8. The van der Waals surface area contributed by atoms with Crippen molar-refractivity contribution >= 4 is 17.9 Å². The number of benzene rings is 1. The Kier molecular flexibility index (Phi) is 6.94. The molecule has 0 N–H and O–H groups in total. The van der Waals surface area contributed by atoms with Gasteiger partial charge in [0.15, 0.2) is 17.3 Å². The van der Waals surface area contributed by atoms with E-state index in [0.29, 0.717) is 50.0 Å². The highest BCUT2D eigenvalue weighted by atomic mass is 16.5. The molecule has 2 aromatic rings. The van der Waals surface area contributed by atoms with Gasteiger partial charge in [-0.2, -0.15) is 0 Å². The molecule has 3 rings (SSSR count). The first-order valence-corrected chi connectivity index (χ1v) is 9.73.